The number of nitrogens with one attached hydrogen (secondary N) is 2. The summed E-state index contributed by atoms with van der Waals surface area (Å²) in [6.07, 6.45) is 0.874. The van der Waals surface area contributed by atoms with E-state index in [0.717, 1.165) is 63.2 Å². The smallest absolute Gasteiger partial charge is 0.191 e. The monoisotopic (exact) mass is 351 g/mol. The second-order valence-electron chi connectivity index (χ2n) is 6.89. The van der Waals surface area contributed by atoms with E-state index in [-0.39, 0.29) is 0 Å². The SMILES string of the molecule is CN=C(NCCc1c(C)noc1C)NCC(C(C)C)N1CCOCC1. The topological polar surface area (TPSA) is 74.9 Å². The van der Waals surface area contributed by atoms with Crippen LogP contribution in [0.4, 0.5) is 0 Å². The zero-order valence-electron chi connectivity index (χ0n) is 16.3. The molecule has 0 saturated carbocycles. The molecule has 1 atom stereocenters. The van der Waals surface area contributed by atoms with Crippen LogP contribution in [0.15, 0.2) is 9.52 Å². The number of hydrogen-bond donors (Lipinski definition) is 2. The highest BCUT2D eigenvalue weighted by Gasteiger charge is 2.23. The van der Waals surface area contributed by atoms with Crippen molar-refractivity contribution in [2.45, 2.75) is 40.2 Å². The Morgan fingerprint density at radius 2 is 1.96 bits per heavy atom. The Bertz CT molecular complexity index is 530. The molecule has 1 aromatic rings. The van der Waals surface area contributed by atoms with Crippen molar-refractivity contribution in [3.63, 3.8) is 0 Å². The van der Waals surface area contributed by atoms with Crippen molar-refractivity contribution in [3.05, 3.63) is 17.0 Å². The minimum absolute atomic E-state index is 0.477. The number of hydrogen-bond acceptors (Lipinski definition) is 5. The fraction of sp³-hybridized carbons (Fsp3) is 0.778. The van der Waals surface area contributed by atoms with Gasteiger partial charge in [-0.1, -0.05) is 19.0 Å². The lowest BCUT2D eigenvalue weighted by atomic mass is 10.0. The average molecular weight is 351 g/mol. The standard InChI is InChI=1S/C18H33N5O2/c1-13(2)17(23-8-10-24-11-9-23)12-21-18(19-5)20-7-6-16-14(3)22-25-15(16)4/h13,17H,6-12H2,1-5H3,(H2,19,20,21). The Hall–Kier alpha value is -1.60. The number of aliphatic imine (C=N–C) groups is 1. The van der Waals surface area contributed by atoms with Gasteiger partial charge in [-0.15, -0.1) is 0 Å². The summed E-state index contributed by atoms with van der Waals surface area (Å²) >= 11 is 0. The summed E-state index contributed by atoms with van der Waals surface area (Å²) in [6.45, 7) is 13.8. The van der Waals surface area contributed by atoms with Crippen LogP contribution in [-0.2, 0) is 11.2 Å². The number of ether oxygens (including phenoxy) is 1. The summed E-state index contributed by atoms with van der Waals surface area (Å²) < 4.78 is 10.7. The van der Waals surface area contributed by atoms with Gasteiger partial charge in [0.2, 0.25) is 0 Å². The van der Waals surface area contributed by atoms with E-state index in [4.69, 9.17) is 9.26 Å². The number of guanidine groups is 1. The van der Waals surface area contributed by atoms with Crippen LogP contribution in [0.2, 0.25) is 0 Å². The molecule has 7 heteroatoms. The van der Waals surface area contributed by atoms with Gasteiger partial charge in [-0.3, -0.25) is 9.89 Å². The van der Waals surface area contributed by atoms with Gasteiger partial charge in [-0.05, 0) is 26.2 Å². The maximum absolute atomic E-state index is 5.47. The van der Waals surface area contributed by atoms with Crippen molar-refractivity contribution in [2.24, 2.45) is 10.9 Å². The first-order valence-electron chi connectivity index (χ1n) is 9.21. The van der Waals surface area contributed by atoms with E-state index in [0.29, 0.717) is 12.0 Å². The molecule has 7 nitrogen and oxygen atoms in total. The molecule has 2 rings (SSSR count). The van der Waals surface area contributed by atoms with Crippen molar-refractivity contribution >= 4 is 5.96 Å². The molecule has 1 unspecified atom stereocenters. The second-order valence-corrected chi connectivity index (χ2v) is 6.89. The molecule has 1 saturated heterocycles. The Morgan fingerprint density at radius 3 is 2.52 bits per heavy atom. The molecule has 1 aliphatic heterocycles. The van der Waals surface area contributed by atoms with Crippen LogP contribution in [0.1, 0.15) is 30.9 Å². The Kier molecular flexibility index (Phi) is 7.71. The molecule has 1 aliphatic rings. The Morgan fingerprint density at radius 1 is 1.24 bits per heavy atom. The van der Waals surface area contributed by atoms with E-state index in [2.05, 4.69) is 39.5 Å². The molecule has 0 amide bonds. The highest BCUT2D eigenvalue weighted by molar-refractivity contribution is 5.79. The third-order valence-electron chi connectivity index (χ3n) is 4.84. The van der Waals surface area contributed by atoms with Crippen LogP contribution in [0, 0.1) is 19.8 Å². The minimum atomic E-state index is 0.477. The molecule has 25 heavy (non-hydrogen) atoms. The first-order chi connectivity index (χ1) is 12.0. The van der Waals surface area contributed by atoms with E-state index >= 15 is 0 Å². The van der Waals surface area contributed by atoms with Gasteiger partial charge in [-0.25, -0.2) is 0 Å². The van der Waals surface area contributed by atoms with Crippen molar-refractivity contribution in [1.82, 2.24) is 20.7 Å². The van der Waals surface area contributed by atoms with Crippen molar-refractivity contribution in [2.75, 3.05) is 46.4 Å². The lowest BCUT2D eigenvalue weighted by molar-refractivity contribution is 0.00752. The van der Waals surface area contributed by atoms with E-state index in [1.807, 2.05) is 20.9 Å². The molecule has 142 valence electrons. The van der Waals surface area contributed by atoms with Crippen LogP contribution in [0.25, 0.3) is 0 Å². The first-order valence-corrected chi connectivity index (χ1v) is 9.21. The molecule has 1 fully saturated rings. The van der Waals surface area contributed by atoms with Crippen LogP contribution in [0.5, 0.6) is 0 Å². The minimum Gasteiger partial charge on any atom is -0.379 e. The van der Waals surface area contributed by atoms with Gasteiger partial charge < -0.3 is 19.9 Å². The molecule has 2 heterocycles. The van der Waals surface area contributed by atoms with Crippen LogP contribution in [0.3, 0.4) is 0 Å². The van der Waals surface area contributed by atoms with Gasteiger partial charge in [-0.2, -0.15) is 0 Å². The van der Waals surface area contributed by atoms with Gasteiger partial charge >= 0.3 is 0 Å². The number of aromatic nitrogens is 1. The van der Waals surface area contributed by atoms with Crippen molar-refractivity contribution in [1.29, 1.82) is 0 Å². The summed E-state index contributed by atoms with van der Waals surface area (Å²) in [4.78, 5) is 6.85. The molecule has 0 bridgehead atoms. The number of rotatable bonds is 7. The lowest BCUT2D eigenvalue weighted by Crippen LogP contribution is -2.52. The van der Waals surface area contributed by atoms with Gasteiger partial charge in [0.1, 0.15) is 5.76 Å². The number of nitrogens with zero attached hydrogens (tertiary/aromatic N) is 3. The predicted octanol–water partition coefficient (Wildman–Crippen LogP) is 1.36. The molecule has 1 aromatic heterocycles. The second kappa shape index (κ2) is 9.77. The van der Waals surface area contributed by atoms with Crippen LogP contribution in [-0.4, -0.2) is 68.5 Å². The maximum atomic E-state index is 5.47. The van der Waals surface area contributed by atoms with Crippen LogP contribution < -0.4 is 10.6 Å². The number of morpholine rings is 1. The van der Waals surface area contributed by atoms with Crippen molar-refractivity contribution < 1.29 is 9.26 Å². The van der Waals surface area contributed by atoms with Gasteiger partial charge in [0.15, 0.2) is 5.96 Å². The van der Waals surface area contributed by atoms with E-state index < -0.39 is 0 Å². The first kappa shape index (κ1) is 19.7. The molecule has 0 aromatic carbocycles. The highest BCUT2D eigenvalue weighted by Crippen LogP contribution is 2.13. The molecule has 2 N–H and O–H groups in total. The number of aryl methyl sites for hydroxylation is 2. The third-order valence-corrected chi connectivity index (χ3v) is 4.84. The average Bonchev–Trinajstić information content (AvgIpc) is 2.92. The Labute approximate surface area is 151 Å². The summed E-state index contributed by atoms with van der Waals surface area (Å²) in [7, 11) is 1.81. The fourth-order valence-corrected chi connectivity index (χ4v) is 3.28. The van der Waals surface area contributed by atoms with Crippen LogP contribution >= 0.6 is 0 Å². The van der Waals surface area contributed by atoms with Gasteiger partial charge in [0.05, 0.1) is 18.9 Å². The fourth-order valence-electron chi connectivity index (χ4n) is 3.28. The third kappa shape index (κ3) is 5.71. The lowest BCUT2D eigenvalue weighted by Gasteiger charge is -2.37. The molecular formula is C18H33N5O2. The Balaban J connectivity index is 1.80. The molecule has 0 radical (unpaired) electrons. The molecule has 0 spiro atoms. The quantitative estimate of drug-likeness (QED) is 0.571. The zero-order chi connectivity index (χ0) is 18.2. The summed E-state index contributed by atoms with van der Waals surface area (Å²) in [5, 5.41) is 10.9. The summed E-state index contributed by atoms with van der Waals surface area (Å²) in [6, 6.07) is 0.477. The van der Waals surface area contributed by atoms with Gasteiger partial charge in [0, 0.05) is 44.8 Å². The van der Waals surface area contributed by atoms with Crippen molar-refractivity contribution in [3.8, 4) is 0 Å². The predicted molar refractivity (Wildman–Crippen MR) is 100 cm³/mol. The highest BCUT2D eigenvalue weighted by atomic mass is 16.5. The molecule has 0 aliphatic carbocycles. The zero-order valence-corrected chi connectivity index (χ0v) is 16.3. The summed E-state index contributed by atoms with van der Waals surface area (Å²) in [5.41, 5.74) is 2.14. The summed E-state index contributed by atoms with van der Waals surface area (Å²) in [5.74, 6) is 2.31. The van der Waals surface area contributed by atoms with E-state index in [1.165, 1.54) is 5.56 Å². The van der Waals surface area contributed by atoms with E-state index in [9.17, 15) is 0 Å². The van der Waals surface area contributed by atoms with E-state index in [1.54, 1.807) is 0 Å². The maximum Gasteiger partial charge on any atom is 0.191 e. The normalized spacial score (nSPS) is 17.8. The molecular weight excluding hydrogens is 318 g/mol. The largest absolute Gasteiger partial charge is 0.379 e. The van der Waals surface area contributed by atoms with Gasteiger partial charge in [0.25, 0.3) is 0 Å².